The molecule has 76 valence electrons. The van der Waals surface area contributed by atoms with E-state index in [-0.39, 0.29) is 0 Å². The summed E-state index contributed by atoms with van der Waals surface area (Å²) in [6.45, 7) is 6.15. The summed E-state index contributed by atoms with van der Waals surface area (Å²) in [6, 6.07) is 0.404. The van der Waals surface area contributed by atoms with Crippen LogP contribution in [0.5, 0.6) is 0 Å². The smallest absolute Gasteiger partial charge is 0.0966 e. The summed E-state index contributed by atoms with van der Waals surface area (Å²) >= 11 is 0. The number of rotatable bonds is 4. The number of amidine groups is 1. The van der Waals surface area contributed by atoms with Gasteiger partial charge in [-0.1, -0.05) is 13.8 Å². The van der Waals surface area contributed by atoms with E-state index < -0.39 is 0 Å². The highest BCUT2D eigenvalue weighted by molar-refractivity contribution is 5.83. The number of hydrogen-bond acceptors (Lipinski definition) is 3. The van der Waals surface area contributed by atoms with Gasteiger partial charge in [-0.05, 0) is 12.3 Å². The molecule has 0 radical (unpaired) electrons. The van der Waals surface area contributed by atoms with E-state index in [2.05, 4.69) is 24.2 Å². The van der Waals surface area contributed by atoms with Gasteiger partial charge in [0.25, 0.3) is 0 Å². The zero-order chi connectivity index (χ0) is 9.68. The minimum Gasteiger partial charge on any atom is -0.383 e. The molecule has 0 fully saturated rings. The number of nitrogens with one attached hydrogen (secondary N) is 1. The third kappa shape index (κ3) is 3.35. The second kappa shape index (κ2) is 5.22. The van der Waals surface area contributed by atoms with Crippen LogP contribution < -0.4 is 5.32 Å². The van der Waals surface area contributed by atoms with Gasteiger partial charge in [0.05, 0.1) is 18.5 Å². The van der Waals surface area contributed by atoms with Crippen molar-refractivity contribution in [1.29, 1.82) is 0 Å². The first-order valence-corrected chi connectivity index (χ1v) is 5.03. The molecule has 3 nitrogen and oxygen atoms in total. The fourth-order valence-electron chi connectivity index (χ4n) is 1.45. The Labute approximate surface area is 80.6 Å². The predicted molar refractivity (Wildman–Crippen MR) is 55.2 cm³/mol. The van der Waals surface area contributed by atoms with E-state index in [4.69, 9.17) is 4.74 Å². The largest absolute Gasteiger partial charge is 0.383 e. The van der Waals surface area contributed by atoms with Crippen molar-refractivity contribution in [3.8, 4) is 0 Å². The van der Waals surface area contributed by atoms with Crippen LogP contribution in [0.15, 0.2) is 4.99 Å². The van der Waals surface area contributed by atoms with Crippen molar-refractivity contribution in [2.24, 2.45) is 10.9 Å². The molecule has 0 aromatic heterocycles. The van der Waals surface area contributed by atoms with Crippen molar-refractivity contribution >= 4 is 5.84 Å². The van der Waals surface area contributed by atoms with Crippen LogP contribution in [0, 0.1) is 5.92 Å². The molecule has 1 aliphatic rings. The number of aliphatic imine (C=N–C) groups is 1. The molecule has 3 heteroatoms. The van der Waals surface area contributed by atoms with Crippen molar-refractivity contribution in [3.05, 3.63) is 0 Å². The van der Waals surface area contributed by atoms with E-state index >= 15 is 0 Å². The lowest BCUT2D eigenvalue weighted by Gasteiger charge is -2.22. The third-order valence-electron chi connectivity index (χ3n) is 2.38. The van der Waals surface area contributed by atoms with Crippen LogP contribution in [-0.2, 0) is 4.74 Å². The Hall–Kier alpha value is -0.570. The monoisotopic (exact) mass is 184 g/mol. The first-order valence-electron chi connectivity index (χ1n) is 5.03. The van der Waals surface area contributed by atoms with Crippen LogP contribution in [0.25, 0.3) is 0 Å². The van der Waals surface area contributed by atoms with Crippen LogP contribution in [0.2, 0.25) is 0 Å². The summed E-state index contributed by atoms with van der Waals surface area (Å²) in [6.07, 6.45) is 2.30. The molecule has 13 heavy (non-hydrogen) atoms. The Bertz CT molecular complexity index is 178. The summed E-state index contributed by atoms with van der Waals surface area (Å²) in [4.78, 5) is 4.39. The van der Waals surface area contributed by atoms with Crippen molar-refractivity contribution < 1.29 is 4.74 Å². The predicted octanol–water partition coefficient (Wildman–Crippen LogP) is 1.44. The van der Waals surface area contributed by atoms with E-state index in [0.29, 0.717) is 12.0 Å². The second-order valence-electron chi connectivity index (χ2n) is 3.88. The van der Waals surface area contributed by atoms with Gasteiger partial charge in [0, 0.05) is 20.1 Å². The average Bonchev–Trinajstić information content (AvgIpc) is 2.56. The van der Waals surface area contributed by atoms with Crippen LogP contribution >= 0.6 is 0 Å². The fraction of sp³-hybridized carbons (Fsp3) is 0.900. The minimum absolute atomic E-state index is 0.404. The van der Waals surface area contributed by atoms with Gasteiger partial charge < -0.3 is 10.1 Å². The van der Waals surface area contributed by atoms with Gasteiger partial charge >= 0.3 is 0 Å². The second-order valence-corrected chi connectivity index (χ2v) is 3.88. The summed E-state index contributed by atoms with van der Waals surface area (Å²) in [5.41, 5.74) is 0. The molecule has 0 bridgehead atoms. The Morgan fingerprint density at radius 2 is 2.31 bits per heavy atom. The first kappa shape index (κ1) is 10.5. The van der Waals surface area contributed by atoms with Gasteiger partial charge in [-0.25, -0.2) is 0 Å². The van der Waals surface area contributed by atoms with Crippen molar-refractivity contribution in [1.82, 2.24) is 5.32 Å². The van der Waals surface area contributed by atoms with E-state index in [9.17, 15) is 0 Å². The molecule has 0 amide bonds. The molecule has 1 N–H and O–H groups in total. The fourth-order valence-corrected chi connectivity index (χ4v) is 1.45. The highest BCUT2D eigenvalue weighted by atomic mass is 16.5. The molecule has 0 spiro atoms. The highest BCUT2D eigenvalue weighted by Crippen LogP contribution is 2.06. The maximum absolute atomic E-state index is 5.16. The quantitative estimate of drug-likeness (QED) is 0.717. The molecular weight excluding hydrogens is 164 g/mol. The van der Waals surface area contributed by atoms with Gasteiger partial charge in [0.2, 0.25) is 0 Å². The summed E-state index contributed by atoms with van der Waals surface area (Å²) in [7, 11) is 1.74. The molecular formula is C10H20N2O. The molecule has 1 aliphatic heterocycles. The Morgan fingerprint density at radius 3 is 2.77 bits per heavy atom. The molecule has 0 aromatic carbocycles. The zero-order valence-electron chi connectivity index (χ0n) is 8.84. The normalized spacial score (nSPS) is 18.9. The molecule has 1 unspecified atom stereocenters. The van der Waals surface area contributed by atoms with Gasteiger partial charge in [0.15, 0.2) is 0 Å². The van der Waals surface area contributed by atoms with Crippen LogP contribution in [0.3, 0.4) is 0 Å². The topological polar surface area (TPSA) is 33.6 Å². The van der Waals surface area contributed by atoms with Crippen molar-refractivity contribution in [2.75, 3.05) is 20.3 Å². The summed E-state index contributed by atoms with van der Waals surface area (Å²) in [5.74, 6) is 1.75. The van der Waals surface area contributed by atoms with E-state index in [1.54, 1.807) is 7.11 Å². The zero-order valence-corrected chi connectivity index (χ0v) is 8.84. The molecule has 1 rings (SSSR count). The Kier molecular flexibility index (Phi) is 4.22. The van der Waals surface area contributed by atoms with Crippen LogP contribution in [0.4, 0.5) is 0 Å². The summed E-state index contributed by atoms with van der Waals surface area (Å²) < 4.78 is 5.16. The molecule has 0 saturated heterocycles. The summed E-state index contributed by atoms with van der Waals surface area (Å²) in [5, 5.41) is 3.44. The van der Waals surface area contributed by atoms with Crippen LogP contribution in [0.1, 0.15) is 26.7 Å². The SMILES string of the molecule is COCC(NC1=NCCC1)C(C)C. The van der Waals surface area contributed by atoms with E-state index in [1.165, 1.54) is 6.42 Å². The minimum atomic E-state index is 0.404. The van der Waals surface area contributed by atoms with Crippen molar-refractivity contribution in [2.45, 2.75) is 32.7 Å². The lowest BCUT2D eigenvalue weighted by molar-refractivity contribution is 0.156. The first-order chi connectivity index (χ1) is 6.24. The molecule has 0 aliphatic carbocycles. The number of methoxy groups -OCH3 is 1. The third-order valence-corrected chi connectivity index (χ3v) is 2.38. The van der Waals surface area contributed by atoms with Gasteiger partial charge in [0.1, 0.15) is 0 Å². The highest BCUT2D eigenvalue weighted by Gasteiger charge is 2.16. The number of ether oxygens (including phenoxy) is 1. The van der Waals surface area contributed by atoms with Gasteiger partial charge in [-0.2, -0.15) is 0 Å². The van der Waals surface area contributed by atoms with Crippen LogP contribution in [-0.4, -0.2) is 32.1 Å². The molecule has 0 aromatic rings. The molecule has 0 saturated carbocycles. The lowest BCUT2D eigenvalue weighted by Crippen LogP contribution is -2.40. The molecule has 1 atom stereocenters. The van der Waals surface area contributed by atoms with Crippen molar-refractivity contribution in [3.63, 3.8) is 0 Å². The maximum Gasteiger partial charge on any atom is 0.0966 e. The van der Waals surface area contributed by atoms with E-state index in [1.807, 2.05) is 0 Å². The number of nitrogens with zero attached hydrogens (tertiary/aromatic N) is 1. The maximum atomic E-state index is 5.16. The van der Waals surface area contributed by atoms with Gasteiger partial charge in [-0.15, -0.1) is 0 Å². The Morgan fingerprint density at radius 1 is 1.54 bits per heavy atom. The van der Waals surface area contributed by atoms with Gasteiger partial charge in [-0.3, -0.25) is 4.99 Å². The number of hydrogen-bond donors (Lipinski definition) is 1. The Balaban J connectivity index is 2.36. The standard InChI is InChI=1S/C10H20N2O/c1-8(2)9(7-13-3)12-10-5-4-6-11-10/h8-9H,4-7H2,1-3H3,(H,11,12). The molecule has 1 heterocycles. The van der Waals surface area contributed by atoms with E-state index in [0.717, 1.165) is 25.4 Å². The average molecular weight is 184 g/mol. The lowest BCUT2D eigenvalue weighted by atomic mass is 10.1.